The second-order valence-electron chi connectivity index (χ2n) is 4.89. The number of carbonyl (C=O) groups excluding carboxylic acids is 1. The van der Waals surface area contributed by atoms with Crippen LogP contribution >= 0.6 is 0 Å². The number of esters is 1. The minimum absolute atomic E-state index is 0.0626. The van der Waals surface area contributed by atoms with E-state index in [9.17, 15) is 14.9 Å². The van der Waals surface area contributed by atoms with Gasteiger partial charge in [-0.1, -0.05) is 25.1 Å². The normalized spacial score (nSPS) is 10.5. The van der Waals surface area contributed by atoms with Crippen LogP contribution in [0.5, 0.6) is 11.5 Å². The SMILES string of the molecule is CCCOc1ccccc1/C=C/C(=O)Oc1ccc([N+](=O)[O-])cc1. The molecular weight excluding hydrogens is 310 g/mol. The van der Waals surface area contributed by atoms with E-state index < -0.39 is 10.9 Å². The molecule has 0 fully saturated rings. The Morgan fingerprint density at radius 3 is 2.54 bits per heavy atom. The Hall–Kier alpha value is -3.15. The lowest BCUT2D eigenvalue weighted by atomic mass is 10.2. The monoisotopic (exact) mass is 327 g/mol. The van der Waals surface area contributed by atoms with E-state index in [1.165, 1.54) is 30.3 Å². The van der Waals surface area contributed by atoms with Crippen LogP contribution in [-0.4, -0.2) is 17.5 Å². The minimum atomic E-state index is -0.575. The van der Waals surface area contributed by atoms with Crippen molar-refractivity contribution < 1.29 is 19.2 Å². The van der Waals surface area contributed by atoms with Gasteiger partial charge in [0.15, 0.2) is 0 Å². The molecular formula is C18H17NO5. The highest BCUT2D eigenvalue weighted by atomic mass is 16.6. The molecule has 2 rings (SSSR count). The molecule has 6 heteroatoms. The number of nitro benzene ring substituents is 1. The van der Waals surface area contributed by atoms with E-state index in [1.807, 2.05) is 31.2 Å². The van der Waals surface area contributed by atoms with Gasteiger partial charge in [-0.05, 0) is 30.7 Å². The molecule has 0 aliphatic carbocycles. The fraction of sp³-hybridized carbons (Fsp3) is 0.167. The van der Waals surface area contributed by atoms with Gasteiger partial charge in [0, 0.05) is 23.8 Å². The molecule has 0 aliphatic rings. The predicted octanol–water partition coefficient (Wildman–Crippen LogP) is 4.00. The summed E-state index contributed by atoms with van der Waals surface area (Å²) in [5.41, 5.74) is 0.707. The van der Waals surface area contributed by atoms with Crippen LogP contribution in [-0.2, 0) is 4.79 Å². The van der Waals surface area contributed by atoms with Gasteiger partial charge in [0.05, 0.1) is 11.5 Å². The molecule has 0 aromatic heterocycles. The number of ether oxygens (including phenoxy) is 2. The van der Waals surface area contributed by atoms with Gasteiger partial charge in [0.1, 0.15) is 11.5 Å². The average Bonchev–Trinajstić information content (AvgIpc) is 2.59. The minimum Gasteiger partial charge on any atom is -0.493 e. The summed E-state index contributed by atoms with van der Waals surface area (Å²) in [4.78, 5) is 21.9. The third kappa shape index (κ3) is 4.95. The molecule has 0 amide bonds. The lowest BCUT2D eigenvalue weighted by Gasteiger charge is -2.07. The average molecular weight is 327 g/mol. The first-order valence-corrected chi connectivity index (χ1v) is 7.46. The molecule has 0 atom stereocenters. The van der Waals surface area contributed by atoms with E-state index in [0.29, 0.717) is 12.4 Å². The van der Waals surface area contributed by atoms with Gasteiger partial charge >= 0.3 is 5.97 Å². The molecule has 0 saturated carbocycles. The van der Waals surface area contributed by atoms with Gasteiger partial charge in [-0.3, -0.25) is 10.1 Å². The smallest absolute Gasteiger partial charge is 0.336 e. The highest BCUT2D eigenvalue weighted by Gasteiger charge is 2.07. The van der Waals surface area contributed by atoms with Crippen LogP contribution in [0.2, 0.25) is 0 Å². The van der Waals surface area contributed by atoms with Gasteiger partial charge in [-0.2, -0.15) is 0 Å². The number of nitro groups is 1. The van der Waals surface area contributed by atoms with Gasteiger partial charge in [-0.15, -0.1) is 0 Å². The van der Waals surface area contributed by atoms with E-state index in [-0.39, 0.29) is 11.4 Å². The Morgan fingerprint density at radius 1 is 1.17 bits per heavy atom. The van der Waals surface area contributed by atoms with Crippen LogP contribution in [0.4, 0.5) is 5.69 Å². The quantitative estimate of drug-likeness (QED) is 0.252. The Bertz CT molecular complexity index is 737. The van der Waals surface area contributed by atoms with Crippen molar-refractivity contribution in [3.63, 3.8) is 0 Å². The molecule has 0 saturated heterocycles. The van der Waals surface area contributed by atoms with Crippen molar-refractivity contribution in [1.82, 2.24) is 0 Å². The highest BCUT2D eigenvalue weighted by Crippen LogP contribution is 2.20. The summed E-state index contributed by atoms with van der Waals surface area (Å²) in [6, 6.07) is 12.7. The summed E-state index contributed by atoms with van der Waals surface area (Å²) in [6.45, 7) is 2.61. The Morgan fingerprint density at radius 2 is 1.88 bits per heavy atom. The van der Waals surface area contributed by atoms with Crippen molar-refractivity contribution in [1.29, 1.82) is 0 Å². The van der Waals surface area contributed by atoms with Crippen LogP contribution in [0, 0.1) is 10.1 Å². The third-order valence-corrected chi connectivity index (χ3v) is 3.05. The first-order chi connectivity index (χ1) is 11.6. The molecule has 0 unspecified atom stereocenters. The lowest BCUT2D eigenvalue weighted by molar-refractivity contribution is -0.384. The highest BCUT2D eigenvalue weighted by molar-refractivity contribution is 5.89. The predicted molar refractivity (Wildman–Crippen MR) is 90.0 cm³/mol. The standard InChI is InChI=1S/C18H17NO5/c1-2-13-23-17-6-4-3-5-14(17)7-12-18(20)24-16-10-8-15(9-11-16)19(21)22/h3-12H,2,13H2,1H3/b12-7+. The molecule has 2 aromatic rings. The van der Waals surface area contributed by atoms with Gasteiger partial charge in [0.2, 0.25) is 0 Å². The maximum atomic E-state index is 11.8. The van der Waals surface area contributed by atoms with Gasteiger partial charge in [-0.25, -0.2) is 4.79 Å². The second kappa shape index (κ2) is 8.47. The van der Waals surface area contributed by atoms with Crippen molar-refractivity contribution >= 4 is 17.7 Å². The maximum Gasteiger partial charge on any atom is 0.336 e. The lowest BCUT2D eigenvalue weighted by Crippen LogP contribution is -2.04. The largest absolute Gasteiger partial charge is 0.493 e. The van der Waals surface area contributed by atoms with Gasteiger partial charge in [0.25, 0.3) is 5.69 Å². The second-order valence-corrected chi connectivity index (χ2v) is 4.89. The molecule has 0 spiro atoms. The van der Waals surface area contributed by atoms with Crippen molar-refractivity contribution in [2.45, 2.75) is 13.3 Å². The van der Waals surface area contributed by atoms with Gasteiger partial charge < -0.3 is 9.47 Å². The number of rotatable bonds is 7. The fourth-order valence-electron chi connectivity index (χ4n) is 1.91. The van der Waals surface area contributed by atoms with Crippen LogP contribution in [0.15, 0.2) is 54.6 Å². The number of hydrogen-bond donors (Lipinski definition) is 0. The number of hydrogen-bond acceptors (Lipinski definition) is 5. The number of benzene rings is 2. The number of carbonyl (C=O) groups is 1. The third-order valence-electron chi connectivity index (χ3n) is 3.05. The first kappa shape index (κ1) is 17.2. The van der Waals surface area contributed by atoms with Crippen LogP contribution < -0.4 is 9.47 Å². The molecule has 0 aliphatic heterocycles. The zero-order chi connectivity index (χ0) is 17.4. The first-order valence-electron chi connectivity index (χ1n) is 7.46. The Kier molecular flexibility index (Phi) is 6.08. The summed E-state index contributed by atoms with van der Waals surface area (Å²) < 4.78 is 10.7. The summed E-state index contributed by atoms with van der Waals surface area (Å²) >= 11 is 0. The van der Waals surface area contributed by atoms with E-state index in [0.717, 1.165) is 12.0 Å². The van der Waals surface area contributed by atoms with Crippen molar-refractivity contribution in [2.75, 3.05) is 6.61 Å². The summed E-state index contributed by atoms with van der Waals surface area (Å²) in [6.07, 6.45) is 3.79. The zero-order valence-electron chi connectivity index (χ0n) is 13.2. The Balaban J connectivity index is 2.01. The maximum absolute atomic E-state index is 11.8. The molecule has 2 aromatic carbocycles. The number of para-hydroxylation sites is 1. The van der Waals surface area contributed by atoms with Crippen LogP contribution in [0.3, 0.4) is 0 Å². The zero-order valence-corrected chi connectivity index (χ0v) is 13.2. The number of nitrogens with zero attached hydrogens (tertiary/aromatic N) is 1. The van der Waals surface area contributed by atoms with E-state index in [2.05, 4.69) is 0 Å². The molecule has 124 valence electrons. The fourth-order valence-corrected chi connectivity index (χ4v) is 1.91. The van der Waals surface area contributed by atoms with Crippen LogP contribution in [0.1, 0.15) is 18.9 Å². The Labute approximate surface area is 139 Å². The summed E-state index contributed by atoms with van der Waals surface area (Å²) in [5.74, 6) is 0.360. The molecule has 0 bridgehead atoms. The molecule has 0 radical (unpaired) electrons. The van der Waals surface area contributed by atoms with E-state index in [4.69, 9.17) is 9.47 Å². The molecule has 6 nitrogen and oxygen atoms in total. The number of non-ortho nitro benzene ring substituents is 1. The van der Waals surface area contributed by atoms with Crippen molar-refractivity contribution in [3.8, 4) is 11.5 Å². The molecule has 24 heavy (non-hydrogen) atoms. The van der Waals surface area contributed by atoms with Crippen molar-refractivity contribution in [2.24, 2.45) is 0 Å². The van der Waals surface area contributed by atoms with Crippen LogP contribution in [0.25, 0.3) is 6.08 Å². The van der Waals surface area contributed by atoms with E-state index in [1.54, 1.807) is 6.08 Å². The molecule has 0 N–H and O–H groups in total. The van der Waals surface area contributed by atoms with Crippen molar-refractivity contribution in [3.05, 3.63) is 70.3 Å². The van der Waals surface area contributed by atoms with E-state index >= 15 is 0 Å². The molecule has 0 heterocycles. The summed E-state index contributed by atoms with van der Waals surface area (Å²) in [7, 11) is 0. The topological polar surface area (TPSA) is 78.7 Å². The summed E-state index contributed by atoms with van der Waals surface area (Å²) in [5, 5.41) is 10.6.